The lowest BCUT2D eigenvalue weighted by molar-refractivity contribution is 0.454. The molecule has 0 atom stereocenters. The van der Waals surface area contributed by atoms with E-state index < -0.39 is 0 Å². The molecule has 1 aliphatic rings. The maximum absolute atomic E-state index is 12.6. The molecule has 6 nitrogen and oxygen atoms in total. The van der Waals surface area contributed by atoms with Gasteiger partial charge in [-0.2, -0.15) is 0 Å². The number of nitrogens with one attached hydrogen (secondary N) is 1. The molecule has 0 amide bonds. The molecule has 29 heavy (non-hydrogen) atoms. The van der Waals surface area contributed by atoms with Crippen LogP contribution in [0.25, 0.3) is 22.3 Å². The number of benzene rings is 2. The van der Waals surface area contributed by atoms with Crippen molar-refractivity contribution in [3.8, 4) is 11.3 Å². The van der Waals surface area contributed by atoms with Crippen molar-refractivity contribution in [3.05, 3.63) is 76.7 Å². The smallest absolute Gasteiger partial charge is 0.193 e. The third-order valence-electron chi connectivity index (χ3n) is 5.52. The first-order valence-corrected chi connectivity index (χ1v) is 10.0. The van der Waals surface area contributed by atoms with Crippen LogP contribution in [-0.2, 0) is 6.54 Å². The summed E-state index contributed by atoms with van der Waals surface area (Å²) in [5, 5.41) is 12.4. The molecular weight excluding hydrogens is 364 g/mol. The summed E-state index contributed by atoms with van der Waals surface area (Å²) < 4.78 is 7.94. The van der Waals surface area contributed by atoms with Crippen LogP contribution in [0.2, 0.25) is 0 Å². The van der Waals surface area contributed by atoms with Crippen molar-refractivity contribution in [2.75, 3.05) is 5.32 Å². The van der Waals surface area contributed by atoms with Gasteiger partial charge in [-0.05, 0) is 31.0 Å². The summed E-state index contributed by atoms with van der Waals surface area (Å²) in [5.74, 6) is 0.576. The molecule has 6 heteroatoms. The molecule has 1 saturated carbocycles. The molecule has 146 valence electrons. The van der Waals surface area contributed by atoms with E-state index in [1.807, 2.05) is 59.4 Å². The Hall–Kier alpha value is -3.41. The fourth-order valence-electron chi connectivity index (χ4n) is 3.95. The quantitative estimate of drug-likeness (QED) is 0.534. The predicted molar refractivity (Wildman–Crippen MR) is 113 cm³/mol. The van der Waals surface area contributed by atoms with Crippen molar-refractivity contribution in [2.24, 2.45) is 0 Å². The molecule has 0 radical (unpaired) electrons. The van der Waals surface area contributed by atoms with E-state index in [2.05, 4.69) is 15.6 Å². The molecule has 5 rings (SSSR count). The molecule has 0 bridgehead atoms. The van der Waals surface area contributed by atoms with Gasteiger partial charge in [0.05, 0.1) is 24.2 Å². The standard InChI is InChI=1S/C23H22N4O2/c28-21-13-23(16-6-2-1-3-7-16)29-22-11-10-17(12-20(21)22)24-14-18-15-27(26-25-18)19-8-4-5-9-19/h1-3,6-7,10-13,15,19,24H,4-5,8-9,14H2. The minimum Gasteiger partial charge on any atom is -0.456 e. The zero-order chi connectivity index (χ0) is 19.6. The highest BCUT2D eigenvalue weighted by atomic mass is 16.3. The largest absolute Gasteiger partial charge is 0.456 e. The van der Waals surface area contributed by atoms with Crippen LogP contribution in [0.5, 0.6) is 0 Å². The SMILES string of the molecule is O=c1cc(-c2ccccc2)oc2ccc(NCc3cn(C4CCCC4)nn3)cc12. The van der Waals surface area contributed by atoms with Crippen molar-refractivity contribution in [2.45, 2.75) is 38.3 Å². The third-order valence-corrected chi connectivity index (χ3v) is 5.52. The molecule has 2 heterocycles. The Kier molecular flexibility index (Phi) is 4.60. The number of hydrogen-bond acceptors (Lipinski definition) is 5. The van der Waals surface area contributed by atoms with Gasteiger partial charge in [0.25, 0.3) is 0 Å². The summed E-state index contributed by atoms with van der Waals surface area (Å²) in [5.41, 5.74) is 3.16. The number of anilines is 1. The first-order chi connectivity index (χ1) is 14.3. The maximum Gasteiger partial charge on any atom is 0.193 e. The van der Waals surface area contributed by atoms with Gasteiger partial charge >= 0.3 is 0 Å². The Morgan fingerprint density at radius 2 is 1.90 bits per heavy atom. The molecule has 1 N–H and O–H groups in total. The van der Waals surface area contributed by atoms with E-state index in [0.717, 1.165) is 16.9 Å². The van der Waals surface area contributed by atoms with Crippen LogP contribution in [0.15, 0.2) is 70.0 Å². The summed E-state index contributed by atoms with van der Waals surface area (Å²) >= 11 is 0. The number of hydrogen-bond donors (Lipinski definition) is 1. The Morgan fingerprint density at radius 1 is 1.07 bits per heavy atom. The predicted octanol–water partition coefficient (Wildman–Crippen LogP) is 4.78. The summed E-state index contributed by atoms with van der Waals surface area (Å²) in [6.07, 6.45) is 6.92. The lowest BCUT2D eigenvalue weighted by atomic mass is 10.1. The lowest BCUT2D eigenvalue weighted by Gasteiger charge is -2.08. The second-order valence-corrected chi connectivity index (χ2v) is 7.53. The molecule has 0 unspecified atom stereocenters. The first kappa shape index (κ1) is 17.7. The molecule has 0 saturated heterocycles. The van der Waals surface area contributed by atoms with Gasteiger partial charge in [0.15, 0.2) is 5.43 Å². The normalized spacial score (nSPS) is 14.5. The molecule has 1 fully saturated rings. The van der Waals surface area contributed by atoms with Gasteiger partial charge in [0.1, 0.15) is 17.0 Å². The van der Waals surface area contributed by atoms with Gasteiger partial charge in [-0.15, -0.1) is 5.10 Å². The fraction of sp³-hybridized carbons (Fsp3) is 0.261. The molecule has 4 aromatic rings. The molecule has 1 aliphatic carbocycles. The van der Waals surface area contributed by atoms with E-state index in [1.54, 1.807) is 6.07 Å². The van der Waals surface area contributed by atoms with Crippen molar-refractivity contribution in [3.63, 3.8) is 0 Å². The van der Waals surface area contributed by atoms with Crippen molar-refractivity contribution in [1.82, 2.24) is 15.0 Å². The Morgan fingerprint density at radius 3 is 2.72 bits per heavy atom. The summed E-state index contributed by atoms with van der Waals surface area (Å²) in [6.45, 7) is 0.561. The molecule has 2 aromatic carbocycles. The van der Waals surface area contributed by atoms with Gasteiger partial charge in [0, 0.05) is 17.3 Å². The number of fused-ring (bicyclic) bond motifs is 1. The second kappa shape index (κ2) is 7.54. The van der Waals surface area contributed by atoms with Crippen molar-refractivity contribution >= 4 is 16.7 Å². The van der Waals surface area contributed by atoms with E-state index in [9.17, 15) is 4.79 Å². The van der Waals surface area contributed by atoms with E-state index in [1.165, 1.54) is 25.7 Å². The second-order valence-electron chi connectivity index (χ2n) is 7.53. The van der Waals surface area contributed by atoms with Gasteiger partial charge in [0.2, 0.25) is 0 Å². The Bertz CT molecular complexity index is 1190. The average Bonchev–Trinajstić information content (AvgIpc) is 3.45. The monoisotopic (exact) mass is 386 g/mol. The van der Waals surface area contributed by atoms with Crippen LogP contribution < -0.4 is 10.7 Å². The topological polar surface area (TPSA) is 73.0 Å². The van der Waals surface area contributed by atoms with E-state index in [-0.39, 0.29) is 5.43 Å². The van der Waals surface area contributed by atoms with E-state index >= 15 is 0 Å². The van der Waals surface area contributed by atoms with Crippen LogP contribution >= 0.6 is 0 Å². The zero-order valence-corrected chi connectivity index (χ0v) is 16.0. The Balaban J connectivity index is 1.35. The summed E-state index contributed by atoms with van der Waals surface area (Å²) in [6, 6.07) is 17.3. The first-order valence-electron chi connectivity index (χ1n) is 10.0. The van der Waals surface area contributed by atoms with Crippen molar-refractivity contribution in [1.29, 1.82) is 0 Å². The highest BCUT2D eigenvalue weighted by Crippen LogP contribution is 2.28. The summed E-state index contributed by atoms with van der Waals surface area (Å²) in [7, 11) is 0. The van der Waals surface area contributed by atoms with E-state index in [4.69, 9.17) is 4.42 Å². The minimum absolute atomic E-state index is 0.0547. The molecule has 2 aromatic heterocycles. The van der Waals surface area contributed by atoms with Crippen LogP contribution in [0.3, 0.4) is 0 Å². The number of rotatable bonds is 5. The van der Waals surface area contributed by atoms with Gasteiger partial charge in [-0.3, -0.25) is 4.79 Å². The highest BCUT2D eigenvalue weighted by molar-refractivity contribution is 5.82. The molecular formula is C23H22N4O2. The molecule has 0 spiro atoms. The van der Waals surface area contributed by atoms with Gasteiger partial charge < -0.3 is 9.73 Å². The van der Waals surface area contributed by atoms with Crippen molar-refractivity contribution < 1.29 is 4.42 Å². The Labute approximate surface area is 168 Å². The minimum atomic E-state index is -0.0547. The summed E-state index contributed by atoms with van der Waals surface area (Å²) in [4.78, 5) is 12.6. The third kappa shape index (κ3) is 3.66. The number of aromatic nitrogens is 3. The average molecular weight is 386 g/mol. The van der Waals surface area contributed by atoms with Crippen LogP contribution in [0.1, 0.15) is 37.4 Å². The number of nitrogens with zero attached hydrogens (tertiary/aromatic N) is 3. The maximum atomic E-state index is 12.6. The fourth-order valence-corrected chi connectivity index (χ4v) is 3.95. The molecule has 0 aliphatic heterocycles. The highest BCUT2D eigenvalue weighted by Gasteiger charge is 2.18. The van der Waals surface area contributed by atoms with Gasteiger partial charge in [-0.25, -0.2) is 4.68 Å². The van der Waals surface area contributed by atoms with Crippen LogP contribution in [0.4, 0.5) is 5.69 Å². The van der Waals surface area contributed by atoms with E-state index in [0.29, 0.717) is 29.3 Å². The van der Waals surface area contributed by atoms with Gasteiger partial charge in [-0.1, -0.05) is 48.4 Å². The zero-order valence-electron chi connectivity index (χ0n) is 16.0. The van der Waals surface area contributed by atoms with Crippen LogP contribution in [-0.4, -0.2) is 15.0 Å². The lowest BCUT2D eigenvalue weighted by Crippen LogP contribution is -2.05. The van der Waals surface area contributed by atoms with Crippen LogP contribution in [0, 0.1) is 0 Å².